The van der Waals surface area contributed by atoms with Crippen molar-refractivity contribution in [2.24, 2.45) is 5.92 Å². The Bertz CT molecular complexity index is 892. The average Bonchev–Trinajstić information content (AvgIpc) is 2.88. The maximum Gasteiger partial charge on any atom is 0.220 e. The van der Waals surface area contributed by atoms with E-state index >= 15 is 0 Å². The second-order valence-corrected chi connectivity index (χ2v) is 9.55. The molecule has 4 saturated heterocycles. The average molecular weight is 408 g/mol. The van der Waals surface area contributed by atoms with Crippen molar-refractivity contribution < 1.29 is 4.79 Å². The van der Waals surface area contributed by atoms with E-state index in [4.69, 9.17) is 0 Å². The highest BCUT2D eigenvalue weighted by Crippen LogP contribution is 2.43. The molecule has 30 heavy (non-hydrogen) atoms. The van der Waals surface area contributed by atoms with E-state index < -0.39 is 0 Å². The van der Waals surface area contributed by atoms with Crippen molar-refractivity contribution in [3.05, 3.63) is 53.3 Å². The predicted molar refractivity (Wildman–Crippen MR) is 117 cm³/mol. The van der Waals surface area contributed by atoms with Gasteiger partial charge in [-0.1, -0.05) is 30.3 Å². The van der Waals surface area contributed by atoms with Crippen LogP contribution in [0.15, 0.2) is 36.4 Å². The second kappa shape index (κ2) is 7.82. The summed E-state index contributed by atoms with van der Waals surface area (Å²) in [4.78, 5) is 18.2. The first-order valence-electron chi connectivity index (χ1n) is 11.3. The summed E-state index contributed by atoms with van der Waals surface area (Å²) >= 11 is 0. The summed E-state index contributed by atoms with van der Waals surface area (Å²) in [5.74, 6) is 0.683. The number of aryl methyl sites for hydroxylation is 3. The lowest BCUT2D eigenvalue weighted by Gasteiger charge is -2.55. The van der Waals surface area contributed by atoms with Gasteiger partial charge in [-0.2, -0.15) is 5.10 Å². The standard InChI is InChI=1S/C24H33N5O/c1-18-13-19(2)29(26-18)10-6-9-22(30)25-23-20-14-27-11-12-28(15-20)17-24(23,16-27)21-7-4-3-5-8-21/h3-5,7-8,13,20,23H,6,9-12,14-17H2,1-2H3,(H,25,30)/t20?,23-,24?/m0/s1. The zero-order chi connectivity index (χ0) is 20.7. The molecule has 1 aromatic carbocycles. The van der Waals surface area contributed by atoms with Gasteiger partial charge >= 0.3 is 0 Å². The molecular formula is C24H33N5O. The molecule has 0 saturated carbocycles. The topological polar surface area (TPSA) is 53.4 Å². The van der Waals surface area contributed by atoms with Gasteiger partial charge in [-0.15, -0.1) is 0 Å². The molecule has 5 heterocycles. The van der Waals surface area contributed by atoms with E-state index in [0.717, 1.165) is 63.6 Å². The number of carbonyl (C=O) groups excluding carboxylic acids is 1. The van der Waals surface area contributed by atoms with Crippen molar-refractivity contribution in [2.45, 2.75) is 44.7 Å². The molecule has 3 atom stereocenters. The van der Waals surface area contributed by atoms with E-state index in [9.17, 15) is 4.79 Å². The van der Waals surface area contributed by atoms with Gasteiger partial charge < -0.3 is 15.1 Å². The third-order valence-electron chi connectivity index (χ3n) is 7.34. The highest BCUT2D eigenvalue weighted by Gasteiger charge is 2.55. The van der Waals surface area contributed by atoms with Gasteiger partial charge in [0.15, 0.2) is 0 Å². The van der Waals surface area contributed by atoms with E-state index in [1.165, 1.54) is 5.56 Å². The van der Waals surface area contributed by atoms with Crippen molar-refractivity contribution in [3.8, 4) is 0 Å². The summed E-state index contributed by atoms with van der Waals surface area (Å²) in [7, 11) is 0. The number of carbonyl (C=O) groups is 1. The van der Waals surface area contributed by atoms with Crippen LogP contribution in [0.2, 0.25) is 0 Å². The van der Waals surface area contributed by atoms with E-state index in [1.807, 2.05) is 11.6 Å². The fourth-order valence-electron chi connectivity index (χ4n) is 6.10. The molecule has 6 heteroatoms. The van der Waals surface area contributed by atoms with E-state index in [2.05, 4.69) is 63.5 Å². The maximum absolute atomic E-state index is 13.0. The number of benzene rings is 1. The van der Waals surface area contributed by atoms with Crippen LogP contribution in [0, 0.1) is 19.8 Å². The zero-order valence-corrected chi connectivity index (χ0v) is 18.2. The molecule has 4 fully saturated rings. The normalized spacial score (nSPS) is 32.2. The molecule has 1 aromatic heterocycles. The molecule has 6 nitrogen and oxygen atoms in total. The third kappa shape index (κ3) is 3.56. The van der Waals surface area contributed by atoms with Crippen LogP contribution in [-0.4, -0.2) is 70.8 Å². The number of nitrogens with one attached hydrogen (secondary N) is 1. The SMILES string of the molecule is Cc1cc(C)n(CCCC(=O)N[C@H]2C3CN4CCN(C3)CC2(c2ccccc2)C4)n1. The van der Waals surface area contributed by atoms with Crippen molar-refractivity contribution in [3.63, 3.8) is 0 Å². The Morgan fingerprint density at radius 2 is 1.83 bits per heavy atom. The highest BCUT2D eigenvalue weighted by atomic mass is 16.1. The summed E-state index contributed by atoms with van der Waals surface area (Å²) in [5.41, 5.74) is 3.57. The summed E-state index contributed by atoms with van der Waals surface area (Å²) in [6.45, 7) is 11.5. The van der Waals surface area contributed by atoms with Gasteiger partial charge in [-0.05, 0) is 31.9 Å². The number of nitrogens with zero attached hydrogens (tertiary/aromatic N) is 4. The Kier molecular flexibility index (Phi) is 5.15. The van der Waals surface area contributed by atoms with Gasteiger partial charge in [0.2, 0.25) is 5.91 Å². The Morgan fingerprint density at radius 3 is 2.47 bits per heavy atom. The Hall–Kier alpha value is -2.18. The van der Waals surface area contributed by atoms with Crippen molar-refractivity contribution in [2.75, 3.05) is 39.3 Å². The summed E-state index contributed by atoms with van der Waals surface area (Å²) in [5, 5.41) is 8.03. The fourth-order valence-corrected chi connectivity index (χ4v) is 6.10. The molecule has 1 amide bonds. The van der Waals surface area contributed by atoms with E-state index in [0.29, 0.717) is 12.3 Å². The molecule has 0 spiro atoms. The molecule has 0 radical (unpaired) electrons. The highest BCUT2D eigenvalue weighted by molar-refractivity contribution is 5.76. The van der Waals surface area contributed by atoms with Crippen molar-refractivity contribution in [1.29, 1.82) is 0 Å². The minimum absolute atomic E-state index is 0.00965. The molecular weight excluding hydrogens is 374 g/mol. The van der Waals surface area contributed by atoms with Gasteiger partial charge in [0.05, 0.1) is 5.69 Å². The van der Waals surface area contributed by atoms with Crippen LogP contribution in [0.1, 0.15) is 29.8 Å². The number of aromatic nitrogens is 2. The van der Waals surface area contributed by atoms with Crippen LogP contribution in [0.4, 0.5) is 0 Å². The van der Waals surface area contributed by atoms with Crippen LogP contribution >= 0.6 is 0 Å². The second-order valence-electron chi connectivity index (χ2n) is 9.55. The quantitative estimate of drug-likeness (QED) is 0.796. The first kappa shape index (κ1) is 19.8. The zero-order valence-electron chi connectivity index (χ0n) is 18.2. The van der Waals surface area contributed by atoms with Crippen molar-refractivity contribution in [1.82, 2.24) is 24.9 Å². The van der Waals surface area contributed by atoms with Crippen LogP contribution in [0.25, 0.3) is 0 Å². The number of fused-ring (bicyclic) bond motifs is 1. The van der Waals surface area contributed by atoms with Crippen LogP contribution in [0.3, 0.4) is 0 Å². The molecule has 2 unspecified atom stereocenters. The van der Waals surface area contributed by atoms with Gasteiger partial charge in [0, 0.05) is 75.3 Å². The Balaban J connectivity index is 1.31. The summed E-state index contributed by atoms with van der Waals surface area (Å²) in [6, 6.07) is 13.2. The lowest BCUT2D eigenvalue weighted by Crippen LogP contribution is -2.70. The molecule has 1 N–H and O–H groups in total. The molecule has 4 aliphatic rings. The minimum Gasteiger partial charge on any atom is -0.352 e. The maximum atomic E-state index is 13.0. The molecule has 4 aliphatic heterocycles. The van der Waals surface area contributed by atoms with E-state index in [-0.39, 0.29) is 17.4 Å². The molecule has 2 aromatic rings. The van der Waals surface area contributed by atoms with E-state index in [1.54, 1.807) is 0 Å². The number of hydrogen-bond donors (Lipinski definition) is 1. The summed E-state index contributed by atoms with van der Waals surface area (Å²) in [6.07, 6.45) is 1.38. The summed E-state index contributed by atoms with van der Waals surface area (Å²) < 4.78 is 2.02. The smallest absolute Gasteiger partial charge is 0.220 e. The van der Waals surface area contributed by atoms with Crippen molar-refractivity contribution >= 4 is 5.91 Å². The molecule has 160 valence electrons. The van der Waals surface area contributed by atoms with Gasteiger partial charge in [0.1, 0.15) is 0 Å². The van der Waals surface area contributed by atoms with Crippen LogP contribution < -0.4 is 5.32 Å². The number of piperidine rings is 2. The largest absolute Gasteiger partial charge is 0.352 e. The third-order valence-corrected chi connectivity index (χ3v) is 7.34. The minimum atomic E-state index is -0.00965. The monoisotopic (exact) mass is 407 g/mol. The molecule has 4 bridgehead atoms. The lowest BCUT2D eigenvalue weighted by molar-refractivity contribution is -0.124. The van der Waals surface area contributed by atoms with Gasteiger partial charge in [0.25, 0.3) is 0 Å². The Labute approximate surface area is 179 Å². The fraction of sp³-hybridized carbons (Fsp3) is 0.583. The number of rotatable bonds is 6. The van der Waals surface area contributed by atoms with Crippen LogP contribution in [-0.2, 0) is 16.8 Å². The first-order chi connectivity index (χ1) is 14.5. The van der Waals surface area contributed by atoms with Gasteiger partial charge in [-0.3, -0.25) is 9.48 Å². The van der Waals surface area contributed by atoms with Gasteiger partial charge in [-0.25, -0.2) is 0 Å². The number of amides is 1. The Morgan fingerprint density at radius 1 is 1.13 bits per heavy atom. The predicted octanol–water partition coefficient (Wildman–Crippen LogP) is 1.96. The number of hydrogen-bond acceptors (Lipinski definition) is 4. The van der Waals surface area contributed by atoms with Crippen LogP contribution in [0.5, 0.6) is 0 Å². The molecule has 0 aliphatic carbocycles. The molecule has 6 rings (SSSR count). The first-order valence-corrected chi connectivity index (χ1v) is 11.3. The lowest BCUT2D eigenvalue weighted by atomic mass is 9.64.